The van der Waals surface area contributed by atoms with E-state index >= 15 is 0 Å². The second-order valence-electron chi connectivity index (χ2n) is 6.07. The summed E-state index contributed by atoms with van der Waals surface area (Å²) >= 11 is 0. The molecule has 0 saturated carbocycles. The summed E-state index contributed by atoms with van der Waals surface area (Å²) in [6.45, 7) is 2.90. The molecule has 0 saturated heterocycles. The van der Waals surface area contributed by atoms with E-state index in [4.69, 9.17) is 4.74 Å². The highest BCUT2D eigenvalue weighted by atomic mass is 16.5. The molecule has 1 heterocycles. The topological polar surface area (TPSA) is 51.2 Å². The highest BCUT2D eigenvalue weighted by Gasteiger charge is 2.22. The molecule has 4 heteroatoms. The fraction of sp³-hybridized carbons (Fsp3) is 0.368. The Labute approximate surface area is 136 Å². The molecule has 1 N–H and O–H groups in total. The van der Waals surface area contributed by atoms with E-state index in [0.29, 0.717) is 11.5 Å². The molecule has 0 aliphatic heterocycles. The summed E-state index contributed by atoms with van der Waals surface area (Å²) in [7, 11) is 1.72. The van der Waals surface area contributed by atoms with Gasteiger partial charge >= 0.3 is 0 Å². The van der Waals surface area contributed by atoms with Crippen LogP contribution in [0, 0.1) is 6.92 Å². The molecule has 120 valence electrons. The number of ether oxygens (including phenoxy) is 1. The number of carbonyl (C=O) groups excluding carboxylic acids is 1. The normalized spacial score (nSPS) is 16.5. The summed E-state index contributed by atoms with van der Waals surface area (Å²) in [5.74, 6) is 1.41. The number of aryl methyl sites for hydroxylation is 2. The number of benzene rings is 1. The molecule has 1 aromatic carbocycles. The Kier molecular flexibility index (Phi) is 4.60. The third kappa shape index (κ3) is 3.21. The van der Waals surface area contributed by atoms with E-state index in [1.807, 2.05) is 0 Å². The van der Waals surface area contributed by atoms with Gasteiger partial charge in [0.2, 0.25) is 0 Å². The van der Waals surface area contributed by atoms with Crippen LogP contribution < -0.4 is 10.1 Å². The third-order valence-corrected chi connectivity index (χ3v) is 4.62. The molecule has 23 heavy (non-hydrogen) atoms. The summed E-state index contributed by atoms with van der Waals surface area (Å²) in [5.41, 5.74) is 5.42. The van der Waals surface area contributed by atoms with Crippen molar-refractivity contribution in [3.05, 3.63) is 52.8 Å². The largest absolute Gasteiger partial charge is 0.496 e. The van der Waals surface area contributed by atoms with Crippen LogP contribution >= 0.6 is 0 Å². The first kappa shape index (κ1) is 15.5. The van der Waals surface area contributed by atoms with Crippen LogP contribution in [0.4, 0.5) is 5.69 Å². The summed E-state index contributed by atoms with van der Waals surface area (Å²) in [6.07, 6.45) is 7.66. The summed E-state index contributed by atoms with van der Waals surface area (Å²) in [5, 5.41) is 3.40. The number of aldehydes is 1. The number of nitrogens with zero attached hydrogens (tertiary/aromatic N) is 1. The zero-order chi connectivity index (χ0) is 16.2. The van der Waals surface area contributed by atoms with Crippen molar-refractivity contribution in [3.8, 4) is 5.75 Å². The van der Waals surface area contributed by atoms with E-state index in [-0.39, 0.29) is 0 Å². The van der Waals surface area contributed by atoms with E-state index in [2.05, 4.69) is 29.4 Å². The molecule has 1 atom stereocenters. The quantitative estimate of drug-likeness (QED) is 0.855. The number of fused-ring (bicyclic) bond motifs is 1. The number of hydrogen-bond acceptors (Lipinski definition) is 4. The monoisotopic (exact) mass is 310 g/mol. The minimum Gasteiger partial charge on any atom is -0.496 e. The van der Waals surface area contributed by atoms with Crippen LogP contribution in [-0.2, 0) is 6.42 Å². The molecule has 1 unspecified atom stereocenters. The third-order valence-electron chi connectivity index (χ3n) is 4.62. The maximum atomic E-state index is 11.1. The Bertz CT molecular complexity index is 713. The molecule has 3 rings (SSSR count). The SMILES string of the molecule is COc1cc2c(cc1C)C(CNc1cnccc1C=O)CCC2. The number of pyridine rings is 1. The van der Waals surface area contributed by atoms with Gasteiger partial charge in [-0.2, -0.15) is 0 Å². The average Bonchev–Trinajstić information content (AvgIpc) is 2.59. The molecule has 0 amide bonds. The lowest BCUT2D eigenvalue weighted by atomic mass is 9.81. The van der Waals surface area contributed by atoms with Gasteiger partial charge in [0.25, 0.3) is 0 Å². The number of rotatable bonds is 5. The van der Waals surface area contributed by atoms with Gasteiger partial charge in [-0.25, -0.2) is 0 Å². The highest BCUT2D eigenvalue weighted by Crippen LogP contribution is 2.35. The number of hydrogen-bond donors (Lipinski definition) is 1. The molecule has 0 spiro atoms. The van der Waals surface area contributed by atoms with Gasteiger partial charge in [-0.15, -0.1) is 0 Å². The first-order chi connectivity index (χ1) is 11.2. The highest BCUT2D eigenvalue weighted by molar-refractivity contribution is 5.83. The number of carbonyl (C=O) groups is 1. The number of aromatic nitrogens is 1. The van der Waals surface area contributed by atoms with Crippen LogP contribution in [-0.4, -0.2) is 24.9 Å². The average molecular weight is 310 g/mol. The van der Waals surface area contributed by atoms with Crippen LogP contribution in [0.3, 0.4) is 0 Å². The van der Waals surface area contributed by atoms with Gasteiger partial charge in [0, 0.05) is 24.2 Å². The van der Waals surface area contributed by atoms with Crippen LogP contribution in [0.15, 0.2) is 30.6 Å². The summed E-state index contributed by atoms with van der Waals surface area (Å²) in [6, 6.07) is 6.17. The van der Waals surface area contributed by atoms with E-state index < -0.39 is 0 Å². The molecule has 1 aliphatic carbocycles. The van der Waals surface area contributed by atoms with Crippen molar-refractivity contribution in [1.82, 2.24) is 4.98 Å². The second kappa shape index (κ2) is 6.82. The Morgan fingerprint density at radius 3 is 3.09 bits per heavy atom. The number of methoxy groups -OCH3 is 1. The van der Waals surface area contributed by atoms with Crippen molar-refractivity contribution in [2.24, 2.45) is 0 Å². The van der Waals surface area contributed by atoms with Crippen molar-refractivity contribution < 1.29 is 9.53 Å². The fourth-order valence-corrected chi connectivity index (χ4v) is 3.36. The molecule has 1 aromatic heterocycles. The van der Waals surface area contributed by atoms with Gasteiger partial charge in [0.05, 0.1) is 19.0 Å². The van der Waals surface area contributed by atoms with Gasteiger partial charge in [0.1, 0.15) is 5.75 Å². The molecule has 0 bridgehead atoms. The predicted octanol–water partition coefficient (Wildman–Crippen LogP) is 3.74. The standard InChI is InChI=1S/C19H22N2O2/c1-13-8-17-14(9-19(13)23-2)4-3-5-15(17)10-21-18-11-20-7-6-16(18)12-22/h6-9,11-12,15,21H,3-5,10H2,1-2H3. The molecule has 4 nitrogen and oxygen atoms in total. The second-order valence-corrected chi connectivity index (χ2v) is 6.07. The van der Waals surface area contributed by atoms with E-state index in [9.17, 15) is 4.79 Å². The van der Waals surface area contributed by atoms with Gasteiger partial charge in [-0.3, -0.25) is 9.78 Å². The number of anilines is 1. The van der Waals surface area contributed by atoms with Crippen LogP contribution in [0.5, 0.6) is 5.75 Å². The Balaban J connectivity index is 1.81. The van der Waals surface area contributed by atoms with Crippen molar-refractivity contribution in [1.29, 1.82) is 0 Å². The maximum absolute atomic E-state index is 11.1. The summed E-state index contributed by atoms with van der Waals surface area (Å²) in [4.78, 5) is 15.2. The zero-order valence-electron chi connectivity index (χ0n) is 13.6. The van der Waals surface area contributed by atoms with Crippen molar-refractivity contribution in [2.75, 3.05) is 19.0 Å². The molecular formula is C19H22N2O2. The van der Waals surface area contributed by atoms with Crippen molar-refractivity contribution >= 4 is 12.0 Å². The minimum atomic E-state index is 0.447. The Morgan fingerprint density at radius 2 is 2.30 bits per heavy atom. The minimum absolute atomic E-state index is 0.447. The Morgan fingerprint density at radius 1 is 1.43 bits per heavy atom. The molecule has 2 aromatic rings. The van der Waals surface area contributed by atoms with E-state index in [0.717, 1.165) is 37.1 Å². The van der Waals surface area contributed by atoms with Gasteiger partial charge in [-0.1, -0.05) is 6.07 Å². The zero-order valence-corrected chi connectivity index (χ0v) is 13.6. The lowest BCUT2D eigenvalue weighted by Gasteiger charge is -2.27. The fourth-order valence-electron chi connectivity index (χ4n) is 3.36. The first-order valence-corrected chi connectivity index (χ1v) is 8.03. The van der Waals surface area contributed by atoms with Gasteiger partial charge < -0.3 is 10.1 Å². The van der Waals surface area contributed by atoms with E-state index in [1.54, 1.807) is 25.6 Å². The number of nitrogens with one attached hydrogen (secondary N) is 1. The van der Waals surface area contributed by atoms with Crippen molar-refractivity contribution in [2.45, 2.75) is 32.1 Å². The predicted molar refractivity (Wildman–Crippen MR) is 91.5 cm³/mol. The van der Waals surface area contributed by atoms with Crippen LogP contribution in [0.1, 0.15) is 45.8 Å². The summed E-state index contributed by atoms with van der Waals surface area (Å²) < 4.78 is 5.44. The molecule has 0 radical (unpaired) electrons. The smallest absolute Gasteiger partial charge is 0.152 e. The van der Waals surface area contributed by atoms with E-state index in [1.165, 1.54) is 23.1 Å². The van der Waals surface area contributed by atoms with Crippen molar-refractivity contribution in [3.63, 3.8) is 0 Å². The van der Waals surface area contributed by atoms with Gasteiger partial charge in [0.15, 0.2) is 6.29 Å². The maximum Gasteiger partial charge on any atom is 0.152 e. The molecule has 0 fully saturated rings. The van der Waals surface area contributed by atoms with Crippen LogP contribution in [0.2, 0.25) is 0 Å². The first-order valence-electron chi connectivity index (χ1n) is 8.03. The van der Waals surface area contributed by atoms with Gasteiger partial charge in [-0.05, 0) is 55.0 Å². The Hall–Kier alpha value is -2.36. The lowest BCUT2D eigenvalue weighted by molar-refractivity contribution is 0.112. The van der Waals surface area contributed by atoms with Crippen LogP contribution in [0.25, 0.3) is 0 Å². The lowest BCUT2D eigenvalue weighted by Crippen LogP contribution is -2.19. The molecular weight excluding hydrogens is 288 g/mol. The molecule has 1 aliphatic rings.